The Hall–Kier alpha value is -2.13. The summed E-state index contributed by atoms with van der Waals surface area (Å²) < 4.78 is 26.8. The van der Waals surface area contributed by atoms with E-state index < -0.39 is 22.0 Å². The van der Waals surface area contributed by atoms with Gasteiger partial charge in [0.15, 0.2) is 0 Å². The molecule has 9 heteroatoms. The van der Waals surface area contributed by atoms with Crippen LogP contribution in [0.25, 0.3) is 0 Å². The summed E-state index contributed by atoms with van der Waals surface area (Å²) in [4.78, 5) is 26.1. The number of nitrogens with one attached hydrogen (secondary N) is 1. The summed E-state index contributed by atoms with van der Waals surface area (Å²) in [5.41, 5.74) is 5.49. The molecule has 1 saturated heterocycles. The van der Waals surface area contributed by atoms with Crippen molar-refractivity contribution in [3.63, 3.8) is 0 Å². The molecular weight excluding hydrogens is 368 g/mol. The second-order valence-electron chi connectivity index (χ2n) is 7.07. The highest BCUT2D eigenvalue weighted by Crippen LogP contribution is 2.21. The molecule has 3 amide bonds. The summed E-state index contributed by atoms with van der Waals surface area (Å²) in [6, 6.07) is 6.82. The fraction of sp³-hybridized carbons (Fsp3) is 0.556. The number of hydrogen-bond acceptors (Lipinski definition) is 4. The standard InChI is InChI=1S/C18H26N4O4S/c19-17(23)16-13-21(27(25,26)15-9-5-2-6-10-15)11-12-22(16)18(24)20-14-7-3-1-4-8-14/h2,5-6,9-10,14,16H,1,3-4,7-8,11-13H2,(H2,19,23)(H,20,24)/t16-/m1/s1. The van der Waals surface area contributed by atoms with Gasteiger partial charge in [-0.05, 0) is 25.0 Å². The summed E-state index contributed by atoms with van der Waals surface area (Å²) >= 11 is 0. The predicted molar refractivity (Wildman–Crippen MR) is 100 cm³/mol. The third-order valence-corrected chi connectivity index (χ3v) is 7.13. The molecule has 2 aliphatic rings. The number of amides is 3. The van der Waals surface area contributed by atoms with Crippen LogP contribution in [0.2, 0.25) is 0 Å². The fourth-order valence-electron chi connectivity index (χ4n) is 3.71. The molecule has 1 aromatic carbocycles. The average Bonchev–Trinajstić information content (AvgIpc) is 2.69. The first kappa shape index (κ1) is 19.6. The van der Waals surface area contributed by atoms with Crippen molar-refractivity contribution in [1.29, 1.82) is 0 Å². The van der Waals surface area contributed by atoms with Crippen molar-refractivity contribution in [2.75, 3.05) is 19.6 Å². The van der Waals surface area contributed by atoms with Crippen molar-refractivity contribution in [3.05, 3.63) is 30.3 Å². The van der Waals surface area contributed by atoms with E-state index in [0.29, 0.717) is 0 Å². The Kier molecular flexibility index (Phi) is 6.01. The van der Waals surface area contributed by atoms with Crippen LogP contribution in [0.15, 0.2) is 35.2 Å². The lowest BCUT2D eigenvalue weighted by molar-refractivity contribution is -0.123. The van der Waals surface area contributed by atoms with E-state index in [1.54, 1.807) is 18.2 Å². The molecule has 1 heterocycles. The minimum atomic E-state index is -3.74. The number of primary amides is 1. The molecule has 3 N–H and O–H groups in total. The molecule has 0 unspecified atom stereocenters. The number of urea groups is 1. The van der Waals surface area contributed by atoms with Crippen LogP contribution in [-0.2, 0) is 14.8 Å². The summed E-state index contributed by atoms with van der Waals surface area (Å²) in [6.07, 6.45) is 5.18. The third-order valence-electron chi connectivity index (χ3n) is 5.25. The van der Waals surface area contributed by atoms with Crippen molar-refractivity contribution in [2.45, 2.75) is 49.1 Å². The van der Waals surface area contributed by atoms with E-state index in [1.165, 1.54) is 27.8 Å². The van der Waals surface area contributed by atoms with E-state index in [2.05, 4.69) is 5.32 Å². The molecule has 1 aliphatic carbocycles. The van der Waals surface area contributed by atoms with E-state index in [0.717, 1.165) is 25.7 Å². The first-order valence-electron chi connectivity index (χ1n) is 9.31. The number of carbonyl (C=O) groups is 2. The molecule has 148 valence electrons. The van der Waals surface area contributed by atoms with E-state index in [1.807, 2.05) is 0 Å². The Morgan fingerprint density at radius 3 is 2.33 bits per heavy atom. The lowest BCUT2D eigenvalue weighted by atomic mass is 9.96. The van der Waals surface area contributed by atoms with Gasteiger partial charge in [-0.3, -0.25) is 4.79 Å². The van der Waals surface area contributed by atoms with Crippen molar-refractivity contribution in [2.24, 2.45) is 5.73 Å². The SMILES string of the molecule is NC(=O)[C@H]1CN(S(=O)(=O)c2ccccc2)CCN1C(=O)NC1CCCCC1. The summed E-state index contributed by atoms with van der Waals surface area (Å²) in [5, 5.41) is 2.97. The maximum Gasteiger partial charge on any atom is 0.318 e. The van der Waals surface area contributed by atoms with Crippen molar-refractivity contribution in [3.8, 4) is 0 Å². The summed E-state index contributed by atoms with van der Waals surface area (Å²) in [7, 11) is -3.74. The summed E-state index contributed by atoms with van der Waals surface area (Å²) in [5.74, 6) is -0.707. The van der Waals surface area contributed by atoms with Gasteiger partial charge in [0.2, 0.25) is 15.9 Å². The third kappa shape index (κ3) is 4.41. The zero-order valence-electron chi connectivity index (χ0n) is 15.2. The maximum atomic E-state index is 12.8. The summed E-state index contributed by atoms with van der Waals surface area (Å²) in [6.45, 7) is 0.113. The van der Waals surface area contributed by atoms with E-state index in [9.17, 15) is 18.0 Å². The van der Waals surface area contributed by atoms with E-state index in [4.69, 9.17) is 5.73 Å². The van der Waals surface area contributed by atoms with Crippen LogP contribution in [0.5, 0.6) is 0 Å². The number of piperazine rings is 1. The molecule has 27 heavy (non-hydrogen) atoms. The Bertz CT molecular complexity index is 778. The molecule has 1 saturated carbocycles. The first-order chi connectivity index (χ1) is 12.9. The number of nitrogens with two attached hydrogens (primary N) is 1. The van der Waals surface area contributed by atoms with Gasteiger partial charge in [0.1, 0.15) is 6.04 Å². The number of rotatable bonds is 4. The Morgan fingerprint density at radius 1 is 1.04 bits per heavy atom. The zero-order chi connectivity index (χ0) is 19.4. The molecular formula is C18H26N4O4S. The highest BCUT2D eigenvalue weighted by molar-refractivity contribution is 7.89. The lowest BCUT2D eigenvalue weighted by Gasteiger charge is -2.39. The second kappa shape index (κ2) is 8.26. The van der Waals surface area contributed by atoms with Crippen molar-refractivity contribution >= 4 is 22.0 Å². The normalized spacial score (nSPS) is 22.4. The highest BCUT2D eigenvalue weighted by atomic mass is 32.2. The number of carbonyl (C=O) groups excluding carboxylic acids is 2. The van der Waals surface area contributed by atoms with Gasteiger partial charge in [-0.1, -0.05) is 37.5 Å². The van der Waals surface area contributed by atoms with Crippen molar-refractivity contribution in [1.82, 2.24) is 14.5 Å². The van der Waals surface area contributed by atoms with E-state index >= 15 is 0 Å². The maximum absolute atomic E-state index is 12.8. The average molecular weight is 394 g/mol. The Morgan fingerprint density at radius 2 is 1.70 bits per heavy atom. The molecule has 1 aliphatic heterocycles. The number of benzene rings is 1. The van der Waals surface area contributed by atoms with Gasteiger partial charge in [-0.2, -0.15) is 4.31 Å². The van der Waals surface area contributed by atoms with Gasteiger partial charge in [0.25, 0.3) is 0 Å². The van der Waals surface area contributed by atoms with Gasteiger partial charge in [0, 0.05) is 25.7 Å². The molecule has 0 radical (unpaired) electrons. The molecule has 1 atom stereocenters. The van der Waals surface area contributed by atoms with Gasteiger partial charge in [-0.15, -0.1) is 0 Å². The van der Waals surface area contributed by atoms with Crippen LogP contribution < -0.4 is 11.1 Å². The molecule has 0 aromatic heterocycles. The Labute approximate surface area is 159 Å². The quantitative estimate of drug-likeness (QED) is 0.789. The van der Waals surface area contributed by atoms with Gasteiger partial charge in [0.05, 0.1) is 4.90 Å². The predicted octanol–water partition coefficient (Wildman–Crippen LogP) is 0.889. The minimum absolute atomic E-state index is 0.103. The van der Waals surface area contributed by atoms with Crippen LogP contribution in [0, 0.1) is 0 Å². The monoisotopic (exact) mass is 394 g/mol. The van der Waals surface area contributed by atoms with Crippen LogP contribution in [0.1, 0.15) is 32.1 Å². The van der Waals surface area contributed by atoms with Gasteiger partial charge < -0.3 is 16.0 Å². The lowest BCUT2D eigenvalue weighted by Crippen LogP contribution is -2.63. The number of sulfonamides is 1. The fourth-order valence-corrected chi connectivity index (χ4v) is 5.17. The van der Waals surface area contributed by atoms with E-state index in [-0.39, 0.29) is 36.6 Å². The molecule has 0 spiro atoms. The van der Waals surface area contributed by atoms with Crippen LogP contribution in [0.4, 0.5) is 4.79 Å². The molecule has 0 bridgehead atoms. The first-order valence-corrected chi connectivity index (χ1v) is 10.8. The Balaban J connectivity index is 1.71. The molecule has 8 nitrogen and oxygen atoms in total. The van der Waals surface area contributed by atoms with Gasteiger partial charge in [-0.25, -0.2) is 13.2 Å². The van der Waals surface area contributed by atoms with Crippen LogP contribution in [0.3, 0.4) is 0 Å². The largest absolute Gasteiger partial charge is 0.368 e. The molecule has 3 rings (SSSR count). The highest BCUT2D eigenvalue weighted by Gasteiger charge is 2.39. The topological polar surface area (TPSA) is 113 Å². The smallest absolute Gasteiger partial charge is 0.318 e. The minimum Gasteiger partial charge on any atom is -0.368 e. The van der Waals surface area contributed by atoms with Gasteiger partial charge >= 0.3 is 6.03 Å². The molecule has 2 fully saturated rings. The number of nitrogens with zero attached hydrogens (tertiary/aromatic N) is 2. The number of hydrogen-bond donors (Lipinski definition) is 2. The van der Waals surface area contributed by atoms with Crippen LogP contribution >= 0.6 is 0 Å². The molecule has 1 aromatic rings. The van der Waals surface area contributed by atoms with Crippen LogP contribution in [-0.4, -0.2) is 61.3 Å². The second-order valence-corrected chi connectivity index (χ2v) is 9.01. The zero-order valence-corrected chi connectivity index (χ0v) is 16.0. The van der Waals surface area contributed by atoms with Crippen molar-refractivity contribution < 1.29 is 18.0 Å².